The zero-order chi connectivity index (χ0) is 18.1. The lowest BCUT2D eigenvalue weighted by Crippen LogP contribution is -2.40. The summed E-state index contributed by atoms with van der Waals surface area (Å²) in [5.41, 5.74) is -0.157. The van der Waals surface area contributed by atoms with Gasteiger partial charge in [0.1, 0.15) is 5.75 Å². The quantitative estimate of drug-likeness (QED) is 0.353. The third-order valence-electron chi connectivity index (χ3n) is 3.72. The van der Waals surface area contributed by atoms with E-state index in [1.807, 2.05) is 0 Å². The fourth-order valence-electron chi connectivity index (χ4n) is 2.44. The van der Waals surface area contributed by atoms with Crippen molar-refractivity contribution in [1.29, 1.82) is 0 Å². The summed E-state index contributed by atoms with van der Waals surface area (Å²) < 4.78 is 14.4. The number of hydrogen-bond acceptors (Lipinski definition) is 5. The normalized spacial score (nSPS) is 19.0. The molecule has 0 saturated heterocycles. The van der Waals surface area contributed by atoms with Crippen molar-refractivity contribution in [3.8, 4) is 5.75 Å². The zero-order valence-electron chi connectivity index (χ0n) is 12.7. The molecule has 6 N–H and O–H groups in total. The molecule has 0 heterocycles. The Bertz CT molecular complexity index is 776. The van der Waals surface area contributed by atoms with E-state index in [9.17, 15) is 25.0 Å². The van der Waals surface area contributed by atoms with Crippen LogP contribution in [0.5, 0.6) is 5.75 Å². The van der Waals surface area contributed by atoms with Crippen LogP contribution in [0, 0.1) is 0 Å². The van der Waals surface area contributed by atoms with E-state index in [-0.39, 0.29) is 29.2 Å². The van der Waals surface area contributed by atoms with E-state index in [1.54, 1.807) is 6.07 Å². The Morgan fingerprint density at radius 3 is 2.46 bits per heavy atom. The number of nitrogens with zero attached hydrogens (tertiary/aromatic N) is 1. The number of rotatable bonds is 4. The second-order valence-electron chi connectivity index (χ2n) is 5.52. The molecule has 1 atom stereocenters. The van der Waals surface area contributed by atoms with E-state index in [1.165, 1.54) is 31.2 Å². The van der Waals surface area contributed by atoms with Crippen LogP contribution in [0.2, 0.25) is 0 Å². The van der Waals surface area contributed by atoms with Gasteiger partial charge in [-0.3, -0.25) is 0 Å². The van der Waals surface area contributed by atoms with Gasteiger partial charge in [-0.2, -0.15) is 4.76 Å². The largest absolute Gasteiger partial charge is 0.512 e. The lowest BCUT2D eigenvalue weighted by molar-refractivity contribution is -0.139. The van der Waals surface area contributed by atoms with Gasteiger partial charge in [-0.1, -0.05) is 19.1 Å². The highest BCUT2D eigenvalue weighted by Gasteiger charge is 2.40. The van der Waals surface area contributed by atoms with Gasteiger partial charge in [-0.15, -0.1) is 0 Å². The molecule has 1 aliphatic carbocycles. The topological polar surface area (TPSA) is 151 Å². The van der Waals surface area contributed by atoms with E-state index in [4.69, 9.17) is 9.79 Å². The number of allylic oxidation sites excluding steroid dienone is 3. The number of aliphatic hydroxyl groups excluding tert-OH is 1. The van der Waals surface area contributed by atoms with Gasteiger partial charge < -0.3 is 30.2 Å². The number of phenolic OH excluding ortho intramolecular Hbond substituents is 1. The van der Waals surface area contributed by atoms with Crippen molar-refractivity contribution < 1.29 is 34.8 Å². The van der Waals surface area contributed by atoms with Crippen molar-refractivity contribution in [2.24, 2.45) is 4.76 Å². The Balaban J connectivity index is 2.48. The standard InChI is InChI=1S/C15H18NO7P/c1-9(10-3-2-4-11(17)7-10)15(19,20)13-6-5-12(18)8-14(13)16-24(21,22)23/h2-7,9,17-20H,8H2,1H3,(H2,21,22,23). The highest BCUT2D eigenvalue weighted by atomic mass is 31.2. The van der Waals surface area contributed by atoms with Crippen molar-refractivity contribution >= 4 is 13.5 Å². The summed E-state index contributed by atoms with van der Waals surface area (Å²) in [6, 6.07) is 5.88. The second-order valence-corrected chi connectivity index (χ2v) is 6.74. The molecular formula is C15H18NO7P. The van der Waals surface area contributed by atoms with Gasteiger partial charge >= 0.3 is 7.75 Å². The van der Waals surface area contributed by atoms with Crippen LogP contribution >= 0.6 is 7.75 Å². The van der Waals surface area contributed by atoms with Gasteiger partial charge in [0.25, 0.3) is 0 Å². The fourth-order valence-corrected chi connectivity index (χ4v) is 2.94. The van der Waals surface area contributed by atoms with E-state index >= 15 is 0 Å². The molecule has 1 aromatic carbocycles. The average molecular weight is 355 g/mol. The molecule has 0 amide bonds. The molecule has 1 unspecified atom stereocenters. The Morgan fingerprint density at radius 1 is 1.21 bits per heavy atom. The van der Waals surface area contributed by atoms with Crippen LogP contribution in [0.15, 0.2) is 52.5 Å². The fraction of sp³-hybridized carbons (Fsp3) is 0.267. The van der Waals surface area contributed by atoms with Crippen LogP contribution in [0.1, 0.15) is 24.8 Å². The lowest BCUT2D eigenvalue weighted by atomic mass is 9.83. The molecule has 130 valence electrons. The maximum Gasteiger partial charge on any atom is 0.448 e. The molecule has 0 aliphatic heterocycles. The summed E-state index contributed by atoms with van der Waals surface area (Å²) in [4.78, 5) is 18.1. The average Bonchev–Trinajstić information content (AvgIpc) is 2.44. The molecule has 0 aromatic heterocycles. The monoisotopic (exact) mass is 355 g/mol. The SMILES string of the molecule is CC(c1cccc(O)c1)C(O)(O)C1=CC=C(O)CC1=NP(=O)(O)O. The molecular weight excluding hydrogens is 337 g/mol. The molecule has 0 spiro atoms. The van der Waals surface area contributed by atoms with Crippen LogP contribution in [0.4, 0.5) is 0 Å². The molecule has 0 bridgehead atoms. The highest BCUT2D eigenvalue weighted by Crippen LogP contribution is 2.41. The maximum absolute atomic E-state index is 11.1. The van der Waals surface area contributed by atoms with Gasteiger partial charge in [0.2, 0.25) is 0 Å². The third-order valence-corrected chi connectivity index (χ3v) is 4.23. The molecule has 0 fully saturated rings. The first-order valence-corrected chi connectivity index (χ1v) is 8.56. The molecule has 0 radical (unpaired) electrons. The first-order valence-electron chi connectivity index (χ1n) is 6.99. The summed E-state index contributed by atoms with van der Waals surface area (Å²) in [7, 11) is -4.83. The van der Waals surface area contributed by atoms with Crippen molar-refractivity contribution in [2.75, 3.05) is 0 Å². The first-order chi connectivity index (χ1) is 11.0. The Morgan fingerprint density at radius 2 is 1.88 bits per heavy atom. The minimum Gasteiger partial charge on any atom is -0.512 e. The van der Waals surface area contributed by atoms with Gasteiger partial charge in [0.15, 0.2) is 5.79 Å². The van der Waals surface area contributed by atoms with E-state index < -0.39 is 19.5 Å². The third kappa shape index (κ3) is 4.11. The Hall–Kier alpha value is -1.96. The van der Waals surface area contributed by atoms with Crippen molar-refractivity contribution in [3.63, 3.8) is 0 Å². The molecule has 0 saturated carbocycles. The first kappa shape index (κ1) is 18.4. The van der Waals surface area contributed by atoms with E-state index in [0.29, 0.717) is 5.56 Å². The Labute approximate surface area is 138 Å². The van der Waals surface area contributed by atoms with E-state index in [2.05, 4.69) is 4.76 Å². The number of benzene rings is 1. The van der Waals surface area contributed by atoms with Gasteiger partial charge in [-0.05, 0) is 29.8 Å². The highest BCUT2D eigenvalue weighted by molar-refractivity contribution is 7.50. The minimum absolute atomic E-state index is 0.0607. The molecule has 8 nitrogen and oxygen atoms in total. The van der Waals surface area contributed by atoms with E-state index in [0.717, 1.165) is 6.08 Å². The molecule has 9 heteroatoms. The minimum atomic E-state index is -4.83. The smallest absolute Gasteiger partial charge is 0.448 e. The van der Waals surface area contributed by atoms with Crippen molar-refractivity contribution in [1.82, 2.24) is 0 Å². The van der Waals surface area contributed by atoms with Crippen LogP contribution in [0.25, 0.3) is 0 Å². The van der Waals surface area contributed by atoms with Gasteiger partial charge in [0, 0.05) is 17.9 Å². The van der Waals surface area contributed by atoms with Crippen LogP contribution in [-0.4, -0.2) is 41.7 Å². The number of hydrogen-bond donors (Lipinski definition) is 6. The summed E-state index contributed by atoms with van der Waals surface area (Å²) >= 11 is 0. The number of aliphatic hydroxyl groups is 3. The summed E-state index contributed by atoms with van der Waals surface area (Å²) in [5, 5.41) is 40.2. The predicted octanol–water partition coefficient (Wildman–Crippen LogP) is 1.48. The zero-order valence-corrected chi connectivity index (χ0v) is 13.6. The van der Waals surface area contributed by atoms with Crippen LogP contribution < -0.4 is 0 Å². The second kappa shape index (κ2) is 6.51. The maximum atomic E-state index is 11.1. The Kier molecular flexibility index (Phi) is 4.98. The van der Waals surface area contributed by atoms with Crippen molar-refractivity contribution in [3.05, 3.63) is 53.3 Å². The van der Waals surface area contributed by atoms with Crippen LogP contribution in [-0.2, 0) is 4.57 Å². The summed E-state index contributed by atoms with van der Waals surface area (Å²) in [6.45, 7) is 1.48. The summed E-state index contributed by atoms with van der Waals surface area (Å²) in [5.74, 6) is -3.76. The molecule has 1 aromatic rings. The van der Waals surface area contributed by atoms with Gasteiger partial charge in [-0.25, -0.2) is 4.57 Å². The summed E-state index contributed by atoms with van der Waals surface area (Å²) in [6.07, 6.45) is 2.00. The molecule has 1 aliphatic rings. The van der Waals surface area contributed by atoms with Crippen molar-refractivity contribution in [2.45, 2.75) is 25.0 Å². The number of phenols is 1. The molecule has 24 heavy (non-hydrogen) atoms. The predicted molar refractivity (Wildman–Crippen MR) is 86.6 cm³/mol. The molecule has 2 rings (SSSR count). The van der Waals surface area contributed by atoms with Crippen LogP contribution in [0.3, 0.4) is 0 Å². The van der Waals surface area contributed by atoms with Gasteiger partial charge in [0.05, 0.1) is 11.5 Å². The number of aromatic hydroxyl groups is 1. The lowest BCUT2D eigenvalue weighted by Gasteiger charge is -2.33.